The molecule has 154 valence electrons. The summed E-state index contributed by atoms with van der Waals surface area (Å²) >= 11 is 0. The highest BCUT2D eigenvalue weighted by Gasteiger charge is 2.19. The van der Waals surface area contributed by atoms with Crippen molar-refractivity contribution in [1.29, 1.82) is 0 Å². The minimum absolute atomic E-state index is 0.198. The second-order valence-electron chi connectivity index (χ2n) is 7.33. The topological polar surface area (TPSA) is 89.4 Å². The standard InChI is InChI=1S/C20H26N6O3/c27-19(7-3-10-25-16-21-15-22-25)24-9-4-8-23(11-13-24)12-14-26-17-5-1-2-6-18(17)29-20(26)28/h1-2,5-6,15-16H,3-4,7-14H2. The number of hydrogen-bond acceptors (Lipinski definition) is 6. The molecule has 0 saturated carbocycles. The third-order valence-electron chi connectivity index (χ3n) is 5.40. The molecule has 1 aromatic carbocycles. The van der Waals surface area contributed by atoms with Gasteiger partial charge < -0.3 is 9.32 Å². The van der Waals surface area contributed by atoms with Gasteiger partial charge in [0.25, 0.3) is 0 Å². The number of benzene rings is 1. The molecular weight excluding hydrogens is 372 g/mol. The van der Waals surface area contributed by atoms with E-state index < -0.39 is 0 Å². The molecule has 9 heteroatoms. The Morgan fingerprint density at radius 1 is 1.07 bits per heavy atom. The van der Waals surface area contributed by atoms with Crippen molar-refractivity contribution in [2.75, 3.05) is 32.7 Å². The minimum atomic E-state index is -0.315. The lowest BCUT2D eigenvalue weighted by Gasteiger charge is -2.22. The normalized spacial score (nSPS) is 15.7. The number of aromatic nitrogens is 4. The lowest BCUT2D eigenvalue weighted by Crippen LogP contribution is -2.36. The molecule has 1 saturated heterocycles. The Hall–Kier alpha value is -2.94. The Balaban J connectivity index is 1.25. The zero-order valence-corrected chi connectivity index (χ0v) is 16.4. The van der Waals surface area contributed by atoms with Gasteiger partial charge in [-0.25, -0.2) is 9.78 Å². The van der Waals surface area contributed by atoms with Crippen LogP contribution in [0, 0.1) is 0 Å². The highest BCUT2D eigenvalue weighted by Crippen LogP contribution is 2.12. The average Bonchev–Trinajstić information content (AvgIpc) is 3.27. The van der Waals surface area contributed by atoms with Crippen molar-refractivity contribution in [2.24, 2.45) is 0 Å². The number of nitrogens with zero attached hydrogens (tertiary/aromatic N) is 6. The molecule has 1 aliphatic heterocycles. The van der Waals surface area contributed by atoms with Crippen LogP contribution in [-0.2, 0) is 17.9 Å². The van der Waals surface area contributed by atoms with E-state index in [1.54, 1.807) is 15.6 Å². The first-order chi connectivity index (χ1) is 14.2. The molecule has 0 N–H and O–H groups in total. The van der Waals surface area contributed by atoms with Gasteiger partial charge in [-0.2, -0.15) is 5.10 Å². The van der Waals surface area contributed by atoms with Crippen LogP contribution < -0.4 is 5.76 Å². The molecule has 0 bridgehead atoms. The van der Waals surface area contributed by atoms with Gasteiger partial charge in [-0.15, -0.1) is 0 Å². The van der Waals surface area contributed by atoms with E-state index in [-0.39, 0.29) is 11.7 Å². The fourth-order valence-corrected chi connectivity index (χ4v) is 3.81. The average molecular weight is 398 g/mol. The summed E-state index contributed by atoms with van der Waals surface area (Å²) in [5.74, 6) is -0.116. The summed E-state index contributed by atoms with van der Waals surface area (Å²) in [4.78, 5) is 32.8. The van der Waals surface area contributed by atoms with Crippen molar-refractivity contribution in [3.05, 3.63) is 47.5 Å². The van der Waals surface area contributed by atoms with Gasteiger partial charge in [0.15, 0.2) is 5.58 Å². The number of rotatable bonds is 7. The fourth-order valence-electron chi connectivity index (χ4n) is 3.81. The monoisotopic (exact) mass is 398 g/mol. The molecule has 4 rings (SSSR count). The predicted molar refractivity (Wildman–Crippen MR) is 107 cm³/mol. The van der Waals surface area contributed by atoms with E-state index in [9.17, 15) is 9.59 Å². The molecule has 1 amide bonds. The first kappa shape index (κ1) is 19.4. The highest BCUT2D eigenvalue weighted by molar-refractivity contribution is 5.76. The molecule has 0 aliphatic carbocycles. The van der Waals surface area contributed by atoms with Crippen molar-refractivity contribution in [2.45, 2.75) is 32.4 Å². The number of aryl methyl sites for hydroxylation is 1. The SMILES string of the molecule is O=C(CCCn1cncn1)N1CCCN(CCn2c(=O)oc3ccccc32)CC1. The molecule has 1 fully saturated rings. The Kier molecular flexibility index (Phi) is 6.04. The largest absolute Gasteiger partial charge is 0.419 e. The van der Waals surface area contributed by atoms with Gasteiger partial charge >= 0.3 is 5.76 Å². The summed E-state index contributed by atoms with van der Waals surface area (Å²) in [5, 5.41) is 4.06. The molecule has 0 spiro atoms. The number of carbonyl (C=O) groups excluding carboxylic acids is 1. The molecule has 2 aromatic heterocycles. The number of amides is 1. The van der Waals surface area contributed by atoms with E-state index in [0.29, 0.717) is 25.1 Å². The number of fused-ring (bicyclic) bond motifs is 1. The van der Waals surface area contributed by atoms with E-state index in [4.69, 9.17) is 4.42 Å². The van der Waals surface area contributed by atoms with Crippen LogP contribution in [0.5, 0.6) is 0 Å². The molecule has 0 atom stereocenters. The van der Waals surface area contributed by atoms with Crippen LogP contribution in [-0.4, -0.2) is 67.8 Å². The Morgan fingerprint density at radius 3 is 2.83 bits per heavy atom. The van der Waals surface area contributed by atoms with Crippen molar-refractivity contribution >= 4 is 17.0 Å². The second kappa shape index (κ2) is 9.04. The summed E-state index contributed by atoms with van der Waals surface area (Å²) < 4.78 is 8.74. The number of para-hydroxylation sites is 2. The quantitative estimate of drug-likeness (QED) is 0.594. The van der Waals surface area contributed by atoms with Crippen LogP contribution >= 0.6 is 0 Å². The third kappa shape index (κ3) is 4.73. The summed E-state index contributed by atoms with van der Waals surface area (Å²) in [6, 6.07) is 7.49. The van der Waals surface area contributed by atoms with Crippen LogP contribution in [0.1, 0.15) is 19.3 Å². The van der Waals surface area contributed by atoms with Gasteiger partial charge in [0, 0.05) is 45.7 Å². The first-order valence-electron chi connectivity index (χ1n) is 10.1. The van der Waals surface area contributed by atoms with E-state index in [1.165, 1.54) is 6.33 Å². The van der Waals surface area contributed by atoms with E-state index in [0.717, 1.165) is 51.1 Å². The van der Waals surface area contributed by atoms with E-state index in [1.807, 2.05) is 29.2 Å². The maximum atomic E-state index is 12.5. The predicted octanol–water partition coefficient (Wildman–Crippen LogP) is 1.20. The fraction of sp³-hybridized carbons (Fsp3) is 0.500. The smallest absolute Gasteiger partial charge is 0.408 e. The minimum Gasteiger partial charge on any atom is -0.408 e. The molecule has 1 aliphatic rings. The summed E-state index contributed by atoms with van der Waals surface area (Å²) in [6.07, 6.45) is 5.40. The van der Waals surface area contributed by atoms with Crippen LogP contribution in [0.3, 0.4) is 0 Å². The first-order valence-corrected chi connectivity index (χ1v) is 10.1. The maximum absolute atomic E-state index is 12.5. The van der Waals surface area contributed by atoms with E-state index >= 15 is 0 Å². The molecule has 0 unspecified atom stereocenters. The van der Waals surface area contributed by atoms with Gasteiger partial charge in [-0.05, 0) is 31.5 Å². The summed E-state index contributed by atoms with van der Waals surface area (Å²) in [7, 11) is 0. The summed E-state index contributed by atoms with van der Waals surface area (Å²) in [6.45, 7) is 5.31. The molecule has 3 aromatic rings. The Bertz CT molecular complexity index is 993. The van der Waals surface area contributed by atoms with Gasteiger partial charge in [0.05, 0.1) is 5.52 Å². The zero-order chi connectivity index (χ0) is 20.1. The highest BCUT2D eigenvalue weighted by atomic mass is 16.4. The second-order valence-corrected chi connectivity index (χ2v) is 7.33. The van der Waals surface area contributed by atoms with Crippen molar-refractivity contribution in [1.82, 2.24) is 29.1 Å². The molecular formula is C20H26N6O3. The van der Waals surface area contributed by atoms with Gasteiger partial charge in [-0.1, -0.05) is 12.1 Å². The molecule has 0 radical (unpaired) electrons. The number of oxazole rings is 1. The third-order valence-corrected chi connectivity index (χ3v) is 5.40. The number of hydrogen-bond donors (Lipinski definition) is 0. The lowest BCUT2D eigenvalue weighted by molar-refractivity contribution is -0.131. The van der Waals surface area contributed by atoms with Gasteiger partial charge in [0.2, 0.25) is 5.91 Å². The van der Waals surface area contributed by atoms with Crippen LogP contribution in [0.2, 0.25) is 0 Å². The van der Waals surface area contributed by atoms with Crippen LogP contribution in [0.25, 0.3) is 11.1 Å². The van der Waals surface area contributed by atoms with Crippen LogP contribution in [0.4, 0.5) is 0 Å². The molecule has 9 nitrogen and oxygen atoms in total. The Morgan fingerprint density at radius 2 is 1.97 bits per heavy atom. The molecule has 29 heavy (non-hydrogen) atoms. The maximum Gasteiger partial charge on any atom is 0.419 e. The van der Waals surface area contributed by atoms with Crippen molar-refractivity contribution in [3.63, 3.8) is 0 Å². The van der Waals surface area contributed by atoms with Crippen molar-refractivity contribution < 1.29 is 9.21 Å². The molecule has 3 heterocycles. The van der Waals surface area contributed by atoms with E-state index in [2.05, 4.69) is 15.0 Å². The lowest BCUT2D eigenvalue weighted by atomic mass is 10.2. The summed E-state index contributed by atoms with van der Waals surface area (Å²) in [5.41, 5.74) is 1.45. The number of carbonyl (C=O) groups is 1. The van der Waals surface area contributed by atoms with Gasteiger partial charge in [0.1, 0.15) is 12.7 Å². The zero-order valence-electron chi connectivity index (χ0n) is 16.4. The van der Waals surface area contributed by atoms with Crippen molar-refractivity contribution in [3.8, 4) is 0 Å². The Labute approximate surface area is 168 Å². The van der Waals surface area contributed by atoms with Gasteiger partial charge in [-0.3, -0.25) is 18.9 Å². The van der Waals surface area contributed by atoms with Crippen LogP contribution in [0.15, 0.2) is 46.1 Å².